The van der Waals surface area contributed by atoms with Gasteiger partial charge in [-0.2, -0.15) is 0 Å². The molecule has 0 spiro atoms. The quantitative estimate of drug-likeness (QED) is 0.644. The Labute approximate surface area is 165 Å². The lowest BCUT2D eigenvalue weighted by Gasteiger charge is -2.20. The molecule has 3 aromatic carbocycles. The molecule has 146 valence electrons. The van der Waals surface area contributed by atoms with Crippen LogP contribution in [0.4, 0.5) is 0 Å². The molecular weight excluding hydrogens is 354 g/mol. The second-order valence-corrected chi connectivity index (χ2v) is 6.45. The minimum Gasteiger partial charge on any atom is -0.496 e. The maximum Gasteiger partial charge on any atom is 0.255 e. The summed E-state index contributed by atoms with van der Waals surface area (Å²) in [6.07, 6.45) is 0.733. The van der Waals surface area contributed by atoms with Crippen molar-refractivity contribution in [3.8, 4) is 17.2 Å². The molecule has 5 heteroatoms. The highest BCUT2D eigenvalue weighted by Gasteiger charge is 2.19. The summed E-state index contributed by atoms with van der Waals surface area (Å²) in [6.45, 7) is 2.03. The van der Waals surface area contributed by atoms with Crippen molar-refractivity contribution >= 4 is 16.7 Å². The number of hydrogen-bond acceptors (Lipinski definition) is 4. The highest BCUT2D eigenvalue weighted by Crippen LogP contribution is 2.32. The van der Waals surface area contributed by atoms with Crippen LogP contribution in [0.3, 0.4) is 0 Å². The van der Waals surface area contributed by atoms with Crippen molar-refractivity contribution in [1.29, 1.82) is 0 Å². The average molecular weight is 379 g/mol. The fraction of sp³-hybridized carbons (Fsp3) is 0.261. The van der Waals surface area contributed by atoms with Crippen LogP contribution in [0.15, 0.2) is 54.6 Å². The van der Waals surface area contributed by atoms with E-state index in [1.54, 1.807) is 21.3 Å². The lowest BCUT2D eigenvalue weighted by atomic mass is 10.0. The van der Waals surface area contributed by atoms with Crippen LogP contribution in [0.5, 0.6) is 17.2 Å². The van der Waals surface area contributed by atoms with Gasteiger partial charge in [0.1, 0.15) is 5.75 Å². The van der Waals surface area contributed by atoms with Crippen molar-refractivity contribution in [3.63, 3.8) is 0 Å². The van der Waals surface area contributed by atoms with Gasteiger partial charge in [0.2, 0.25) is 0 Å². The standard InChI is InChI=1S/C23H25NO4/c1-5-19(17-10-11-20(26-2)22(14-17)28-4)24-23(25)18-12-15-8-6-7-9-16(15)13-21(18)27-3/h6-14,19H,5H2,1-4H3,(H,24,25)/t19-/m1/s1. The Hall–Kier alpha value is -3.21. The molecule has 1 N–H and O–H groups in total. The van der Waals surface area contributed by atoms with E-state index in [-0.39, 0.29) is 11.9 Å². The summed E-state index contributed by atoms with van der Waals surface area (Å²) in [5, 5.41) is 5.14. The molecule has 0 aliphatic carbocycles. The number of nitrogens with one attached hydrogen (secondary N) is 1. The zero-order chi connectivity index (χ0) is 20.1. The Morgan fingerprint density at radius 2 is 1.50 bits per heavy atom. The predicted molar refractivity (Wildman–Crippen MR) is 111 cm³/mol. The van der Waals surface area contributed by atoms with E-state index < -0.39 is 0 Å². The molecule has 0 aromatic heterocycles. The summed E-state index contributed by atoms with van der Waals surface area (Å²) < 4.78 is 16.2. The van der Waals surface area contributed by atoms with Gasteiger partial charge >= 0.3 is 0 Å². The largest absolute Gasteiger partial charge is 0.496 e. The number of carbonyl (C=O) groups excluding carboxylic acids is 1. The van der Waals surface area contributed by atoms with Crippen LogP contribution in [-0.2, 0) is 0 Å². The first-order chi connectivity index (χ1) is 13.6. The van der Waals surface area contributed by atoms with Gasteiger partial charge in [-0.25, -0.2) is 0 Å². The minimum atomic E-state index is -0.177. The maximum atomic E-state index is 13.0. The first kappa shape index (κ1) is 19.5. The van der Waals surface area contributed by atoms with Gasteiger partial charge in [-0.15, -0.1) is 0 Å². The fourth-order valence-corrected chi connectivity index (χ4v) is 3.29. The van der Waals surface area contributed by atoms with Crippen molar-refractivity contribution in [2.45, 2.75) is 19.4 Å². The van der Waals surface area contributed by atoms with E-state index in [0.717, 1.165) is 22.8 Å². The van der Waals surface area contributed by atoms with Gasteiger partial charge in [0, 0.05) is 0 Å². The summed E-state index contributed by atoms with van der Waals surface area (Å²) in [5.41, 5.74) is 1.47. The van der Waals surface area contributed by atoms with Gasteiger partial charge in [0.25, 0.3) is 5.91 Å². The van der Waals surface area contributed by atoms with Crippen molar-refractivity contribution in [2.24, 2.45) is 0 Å². The van der Waals surface area contributed by atoms with Crippen LogP contribution < -0.4 is 19.5 Å². The first-order valence-corrected chi connectivity index (χ1v) is 9.20. The van der Waals surface area contributed by atoms with E-state index in [1.807, 2.05) is 61.5 Å². The molecule has 0 heterocycles. The molecular formula is C23H25NO4. The molecule has 3 rings (SSSR count). The van der Waals surface area contributed by atoms with Crippen molar-refractivity contribution in [1.82, 2.24) is 5.32 Å². The van der Waals surface area contributed by atoms with E-state index in [4.69, 9.17) is 14.2 Å². The van der Waals surface area contributed by atoms with Crippen LogP contribution >= 0.6 is 0 Å². The normalized spacial score (nSPS) is 11.7. The van der Waals surface area contributed by atoms with Gasteiger partial charge < -0.3 is 19.5 Å². The molecule has 0 aliphatic heterocycles. The summed E-state index contributed by atoms with van der Waals surface area (Å²) >= 11 is 0. The van der Waals surface area contributed by atoms with Crippen molar-refractivity contribution < 1.29 is 19.0 Å². The van der Waals surface area contributed by atoms with Crippen LogP contribution in [0.1, 0.15) is 35.3 Å². The van der Waals surface area contributed by atoms with E-state index in [0.29, 0.717) is 22.8 Å². The highest BCUT2D eigenvalue weighted by atomic mass is 16.5. The molecule has 0 radical (unpaired) electrons. The Morgan fingerprint density at radius 3 is 2.11 bits per heavy atom. The monoisotopic (exact) mass is 379 g/mol. The number of rotatable bonds is 7. The summed E-state index contributed by atoms with van der Waals surface area (Å²) in [4.78, 5) is 13.0. The number of carbonyl (C=O) groups is 1. The molecule has 0 aliphatic rings. The topological polar surface area (TPSA) is 56.8 Å². The van der Waals surface area contributed by atoms with E-state index in [2.05, 4.69) is 5.32 Å². The van der Waals surface area contributed by atoms with Crippen LogP contribution in [0.2, 0.25) is 0 Å². The van der Waals surface area contributed by atoms with Gasteiger partial charge in [-0.05, 0) is 47.0 Å². The molecule has 28 heavy (non-hydrogen) atoms. The lowest BCUT2D eigenvalue weighted by Crippen LogP contribution is -2.28. The summed E-state index contributed by atoms with van der Waals surface area (Å²) in [6, 6.07) is 17.2. The number of benzene rings is 3. The first-order valence-electron chi connectivity index (χ1n) is 9.20. The Kier molecular flexibility index (Phi) is 6.04. The van der Waals surface area contributed by atoms with E-state index in [1.165, 1.54) is 0 Å². The van der Waals surface area contributed by atoms with Crippen LogP contribution in [0.25, 0.3) is 10.8 Å². The van der Waals surface area contributed by atoms with Gasteiger partial charge in [0.15, 0.2) is 11.5 Å². The van der Waals surface area contributed by atoms with Crippen molar-refractivity contribution in [3.05, 3.63) is 65.7 Å². The highest BCUT2D eigenvalue weighted by molar-refractivity contribution is 6.01. The summed E-state index contributed by atoms with van der Waals surface area (Å²) in [5.74, 6) is 1.67. The third kappa shape index (κ3) is 3.88. The molecule has 1 atom stereocenters. The SMILES string of the molecule is CC[C@@H](NC(=O)c1cc2ccccc2cc1OC)c1ccc(OC)c(OC)c1. The number of hydrogen-bond donors (Lipinski definition) is 1. The number of ether oxygens (including phenoxy) is 3. The number of amides is 1. The molecule has 3 aromatic rings. The second kappa shape index (κ2) is 8.65. The molecule has 5 nitrogen and oxygen atoms in total. The van der Waals surface area contributed by atoms with Gasteiger partial charge in [-0.1, -0.05) is 37.3 Å². The Bertz CT molecular complexity index is 983. The van der Waals surface area contributed by atoms with Gasteiger partial charge in [0.05, 0.1) is 32.9 Å². The molecule has 1 amide bonds. The molecule has 0 fully saturated rings. The minimum absolute atomic E-state index is 0.163. The Balaban J connectivity index is 1.91. The smallest absolute Gasteiger partial charge is 0.255 e. The number of methoxy groups -OCH3 is 3. The van der Waals surface area contributed by atoms with Crippen LogP contribution in [-0.4, -0.2) is 27.2 Å². The van der Waals surface area contributed by atoms with Crippen molar-refractivity contribution in [2.75, 3.05) is 21.3 Å². The van der Waals surface area contributed by atoms with Gasteiger partial charge in [-0.3, -0.25) is 4.79 Å². The predicted octanol–water partition coefficient (Wildman–Crippen LogP) is 4.75. The Morgan fingerprint density at radius 1 is 0.857 bits per heavy atom. The van der Waals surface area contributed by atoms with Crippen LogP contribution in [0, 0.1) is 0 Å². The second-order valence-electron chi connectivity index (χ2n) is 6.45. The zero-order valence-electron chi connectivity index (χ0n) is 16.6. The molecule has 0 bridgehead atoms. The zero-order valence-corrected chi connectivity index (χ0v) is 16.6. The average Bonchev–Trinajstić information content (AvgIpc) is 2.75. The molecule has 0 saturated heterocycles. The maximum absolute atomic E-state index is 13.0. The fourth-order valence-electron chi connectivity index (χ4n) is 3.29. The van der Waals surface area contributed by atoms with E-state index >= 15 is 0 Å². The molecule has 0 unspecified atom stereocenters. The third-order valence-corrected chi connectivity index (χ3v) is 4.84. The third-order valence-electron chi connectivity index (χ3n) is 4.84. The number of fused-ring (bicyclic) bond motifs is 1. The van der Waals surface area contributed by atoms with E-state index in [9.17, 15) is 4.79 Å². The summed E-state index contributed by atoms with van der Waals surface area (Å²) in [7, 11) is 4.77. The molecule has 0 saturated carbocycles. The lowest BCUT2D eigenvalue weighted by molar-refractivity contribution is 0.0932.